The second-order valence-electron chi connectivity index (χ2n) is 5.41. The number of carbonyl (C=O) groups excluding carboxylic acids is 1. The Bertz CT molecular complexity index is 604. The van der Waals surface area contributed by atoms with E-state index in [4.69, 9.17) is 0 Å². The molecule has 0 fully saturated rings. The molecule has 0 saturated carbocycles. The first-order valence-electron chi connectivity index (χ1n) is 7.50. The number of phenolic OH excluding ortho intramolecular Hbond substituents is 2. The summed E-state index contributed by atoms with van der Waals surface area (Å²) in [5, 5.41) is 20.4. The molecular weight excluding hydrogens is 276 g/mol. The van der Waals surface area contributed by atoms with Crippen LogP contribution in [0.3, 0.4) is 0 Å². The van der Waals surface area contributed by atoms with Crippen LogP contribution in [-0.2, 0) is 6.42 Å². The molecule has 22 heavy (non-hydrogen) atoms. The predicted octanol–water partition coefficient (Wildman–Crippen LogP) is 4.79. The summed E-state index contributed by atoms with van der Waals surface area (Å²) in [5.41, 5.74) is 2.11. The van der Waals surface area contributed by atoms with Gasteiger partial charge in [0.05, 0.1) is 5.56 Å². The van der Waals surface area contributed by atoms with Gasteiger partial charge >= 0.3 is 0 Å². The van der Waals surface area contributed by atoms with Crippen LogP contribution in [0.25, 0.3) is 6.08 Å². The van der Waals surface area contributed by atoms with Gasteiger partial charge < -0.3 is 10.2 Å². The lowest BCUT2D eigenvalue weighted by Gasteiger charge is -2.10. The van der Waals surface area contributed by atoms with Gasteiger partial charge in [0.2, 0.25) is 0 Å². The maximum atomic E-state index is 11.3. The second kappa shape index (κ2) is 8.88. The van der Waals surface area contributed by atoms with E-state index in [0.717, 1.165) is 18.4 Å². The zero-order valence-corrected chi connectivity index (χ0v) is 13.5. The lowest BCUT2D eigenvalue weighted by atomic mass is 9.98. The highest BCUT2D eigenvalue weighted by molar-refractivity contribution is 5.88. The molecule has 0 radical (unpaired) electrons. The number of benzene rings is 1. The molecule has 0 aromatic heterocycles. The summed E-state index contributed by atoms with van der Waals surface area (Å²) in [6.07, 6.45) is 12.3. The van der Waals surface area contributed by atoms with Crippen LogP contribution in [0.2, 0.25) is 0 Å². The number of allylic oxidation sites excluding steroid dienone is 5. The molecule has 0 saturated heterocycles. The highest BCUT2D eigenvalue weighted by Crippen LogP contribution is 2.33. The van der Waals surface area contributed by atoms with Crippen LogP contribution in [0, 0.1) is 0 Å². The average molecular weight is 300 g/mol. The summed E-state index contributed by atoms with van der Waals surface area (Å²) in [6.45, 7) is 6.00. The van der Waals surface area contributed by atoms with Gasteiger partial charge in [0.25, 0.3) is 0 Å². The lowest BCUT2D eigenvalue weighted by molar-refractivity contribution is 0.112. The van der Waals surface area contributed by atoms with Crippen LogP contribution in [0.15, 0.2) is 35.9 Å². The summed E-state index contributed by atoms with van der Waals surface area (Å²) in [6, 6.07) is 1.51. The molecule has 1 aromatic carbocycles. The van der Waals surface area contributed by atoms with Crippen molar-refractivity contribution in [3.63, 3.8) is 0 Å². The number of hydrogen-bond donors (Lipinski definition) is 2. The number of aromatic hydroxyl groups is 2. The fourth-order valence-electron chi connectivity index (χ4n) is 2.01. The Morgan fingerprint density at radius 2 is 1.91 bits per heavy atom. The molecule has 0 bridgehead atoms. The van der Waals surface area contributed by atoms with Crippen LogP contribution < -0.4 is 0 Å². The third-order valence-electron chi connectivity index (χ3n) is 3.25. The van der Waals surface area contributed by atoms with Gasteiger partial charge in [0, 0.05) is 11.1 Å². The standard InChI is InChI=1S/C19H24O3/c1-4-5-6-7-8-9-16-17(13-20)19(22)15(12-18(16)21)11-10-14(2)3/h6-10,12-13,21-22H,4-5,11H2,1-3H3/b7-6?,9-8+. The average Bonchev–Trinajstić information content (AvgIpc) is 2.48. The monoisotopic (exact) mass is 300 g/mol. The zero-order valence-electron chi connectivity index (χ0n) is 13.5. The minimum Gasteiger partial charge on any atom is -0.507 e. The molecule has 2 N–H and O–H groups in total. The van der Waals surface area contributed by atoms with Crippen LogP contribution >= 0.6 is 0 Å². The maximum Gasteiger partial charge on any atom is 0.154 e. The van der Waals surface area contributed by atoms with Gasteiger partial charge in [-0.15, -0.1) is 0 Å². The third-order valence-corrected chi connectivity index (χ3v) is 3.25. The molecule has 3 heteroatoms. The fourth-order valence-corrected chi connectivity index (χ4v) is 2.01. The highest BCUT2D eigenvalue weighted by atomic mass is 16.3. The van der Waals surface area contributed by atoms with E-state index in [1.165, 1.54) is 6.07 Å². The Hall–Kier alpha value is -2.29. The highest BCUT2D eigenvalue weighted by Gasteiger charge is 2.14. The van der Waals surface area contributed by atoms with E-state index in [1.807, 2.05) is 32.1 Å². The van der Waals surface area contributed by atoms with Gasteiger partial charge in [0.1, 0.15) is 11.5 Å². The van der Waals surface area contributed by atoms with E-state index in [2.05, 4.69) is 6.92 Å². The van der Waals surface area contributed by atoms with E-state index in [0.29, 0.717) is 23.8 Å². The van der Waals surface area contributed by atoms with E-state index in [1.54, 1.807) is 12.2 Å². The number of carbonyl (C=O) groups is 1. The first kappa shape index (κ1) is 17.8. The first-order chi connectivity index (χ1) is 10.5. The summed E-state index contributed by atoms with van der Waals surface area (Å²) >= 11 is 0. The normalized spacial score (nSPS) is 11.2. The molecule has 0 aliphatic heterocycles. The maximum absolute atomic E-state index is 11.3. The fraction of sp³-hybridized carbons (Fsp3) is 0.316. The number of hydrogen-bond acceptors (Lipinski definition) is 3. The number of phenols is 2. The zero-order chi connectivity index (χ0) is 16.5. The Kier molecular flexibility index (Phi) is 7.17. The van der Waals surface area contributed by atoms with Crippen molar-refractivity contribution in [2.45, 2.75) is 40.0 Å². The second-order valence-corrected chi connectivity index (χ2v) is 5.41. The van der Waals surface area contributed by atoms with Gasteiger partial charge in [-0.3, -0.25) is 4.79 Å². The first-order valence-corrected chi connectivity index (χ1v) is 7.50. The van der Waals surface area contributed by atoms with Gasteiger partial charge in [0.15, 0.2) is 6.29 Å². The quantitative estimate of drug-likeness (QED) is 0.329. The van der Waals surface area contributed by atoms with Gasteiger partial charge in [-0.2, -0.15) is 0 Å². The van der Waals surface area contributed by atoms with Crippen molar-refractivity contribution in [3.8, 4) is 11.5 Å². The number of aldehydes is 1. The molecule has 3 nitrogen and oxygen atoms in total. The summed E-state index contributed by atoms with van der Waals surface area (Å²) in [5.74, 6) is -0.0697. The van der Waals surface area contributed by atoms with Gasteiger partial charge in [-0.05, 0) is 32.8 Å². The van der Waals surface area contributed by atoms with E-state index in [9.17, 15) is 15.0 Å². The van der Waals surface area contributed by atoms with Crippen LogP contribution in [0.4, 0.5) is 0 Å². The summed E-state index contributed by atoms with van der Waals surface area (Å²) < 4.78 is 0. The molecular formula is C19H24O3. The summed E-state index contributed by atoms with van der Waals surface area (Å²) in [4.78, 5) is 11.3. The van der Waals surface area contributed by atoms with Crippen LogP contribution in [0.1, 0.15) is 55.1 Å². The minimum absolute atomic E-state index is 0.00259. The Balaban J connectivity index is 3.16. The van der Waals surface area contributed by atoms with Crippen molar-refractivity contribution >= 4 is 12.4 Å². The van der Waals surface area contributed by atoms with E-state index >= 15 is 0 Å². The van der Waals surface area contributed by atoms with Crippen molar-refractivity contribution in [2.24, 2.45) is 0 Å². The van der Waals surface area contributed by atoms with Gasteiger partial charge in [-0.25, -0.2) is 0 Å². The SMILES string of the molecule is CCCC=C/C=C/c1c(O)cc(CC=C(C)C)c(O)c1C=O. The lowest BCUT2D eigenvalue weighted by Crippen LogP contribution is -1.94. The van der Waals surface area contributed by atoms with Crippen molar-refractivity contribution in [3.05, 3.63) is 52.6 Å². The smallest absolute Gasteiger partial charge is 0.154 e. The molecule has 0 spiro atoms. The predicted molar refractivity (Wildman–Crippen MR) is 91.4 cm³/mol. The van der Waals surface area contributed by atoms with Crippen LogP contribution in [0.5, 0.6) is 11.5 Å². The topological polar surface area (TPSA) is 57.5 Å². The molecule has 1 aromatic rings. The van der Waals surface area contributed by atoms with Crippen molar-refractivity contribution in [1.82, 2.24) is 0 Å². The molecule has 0 unspecified atom stereocenters. The van der Waals surface area contributed by atoms with Crippen molar-refractivity contribution < 1.29 is 15.0 Å². The molecule has 0 amide bonds. The molecule has 0 atom stereocenters. The molecule has 0 aliphatic rings. The Morgan fingerprint density at radius 1 is 1.18 bits per heavy atom. The van der Waals surface area contributed by atoms with E-state index < -0.39 is 0 Å². The van der Waals surface area contributed by atoms with Crippen LogP contribution in [-0.4, -0.2) is 16.5 Å². The summed E-state index contributed by atoms with van der Waals surface area (Å²) in [7, 11) is 0. The molecule has 0 aliphatic carbocycles. The molecule has 1 rings (SSSR count). The van der Waals surface area contributed by atoms with E-state index in [-0.39, 0.29) is 17.1 Å². The molecule has 0 heterocycles. The number of rotatable bonds is 7. The molecule has 118 valence electrons. The van der Waals surface area contributed by atoms with Crippen molar-refractivity contribution in [2.75, 3.05) is 0 Å². The Morgan fingerprint density at radius 3 is 2.50 bits per heavy atom. The minimum atomic E-state index is -0.0671. The largest absolute Gasteiger partial charge is 0.507 e. The number of unbranched alkanes of at least 4 members (excludes halogenated alkanes) is 1. The van der Waals surface area contributed by atoms with Crippen molar-refractivity contribution in [1.29, 1.82) is 0 Å². The van der Waals surface area contributed by atoms with Gasteiger partial charge in [-0.1, -0.05) is 49.3 Å². The Labute approximate surface area is 132 Å². The third kappa shape index (κ3) is 4.92.